The van der Waals surface area contributed by atoms with Crippen LogP contribution in [-0.2, 0) is 9.53 Å². The molecule has 2 N–H and O–H groups in total. The van der Waals surface area contributed by atoms with E-state index in [-0.39, 0.29) is 18.6 Å². The number of anilines is 2. The Labute approximate surface area is 164 Å². The highest BCUT2D eigenvalue weighted by molar-refractivity contribution is 7.29. The van der Waals surface area contributed by atoms with E-state index in [0.29, 0.717) is 10.8 Å². The summed E-state index contributed by atoms with van der Waals surface area (Å²) in [7, 11) is 0. The first-order chi connectivity index (χ1) is 13.1. The van der Waals surface area contributed by atoms with E-state index in [9.17, 15) is 9.59 Å². The van der Waals surface area contributed by atoms with Crippen molar-refractivity contribution >= 4 is 54.9 Å². The average Bonchev–Trinajstić information content (AvgIpc) is 3.34. The first-order valence-electron chi connectivity index (χ1n) is 8.77. The molecule has 0 aliphatic heterocycles. The van der Waals surface area contributed by atoms with Gasteiger partial charge in [0.25, 0.3) is 5.91 Å². The summed E-state index contributed by atoms with van der Waals surface area (Å²) < 4.78 is 6.05. The van der Waals surface area contributed by atoms with Gasteiger partial charge in [-0.1, -0.05) is 29.5 Å². The number of carbonyl (C=O) groups is 2. The molecule has 2 aromatic heterocycles. The number of carbonyl (C=O) groups excluding carboxylic acids is 2. The molecule has 1 aromatic carbocycles. The van der Waals surface area contributed by atoms with Crippen LogP contribution in [0.2, 0.25) is 0 Å². The highest BCUT2D eigenvalue weighted by atomic mass is 32.1. The van der Waals surface area contributed by atoms with Crippen molar-refractivity contribution in [2.75, 3.05) is 11.9 Å². The van der Waals surface area contributed by atoms with Crippen LogP contribution in [0.3, 0.4) is 0 Å². The lowest BCUT2D eigenvalue weighted by molar-refractivity contribution is -0.124. The molecule has 0 radical (unpaired) electrons. The Morgan fingerprint density at radius 3 is 2.74 bits per heavy atom. The summed E-state index contributed by atoms with van der Waals surface area (Å²) in [5.74, 6) is -0.177. The number of hydrogen-bond acceptors (Lipinski definition) is 7. The molecule has 2 heterocycles. The van der Waals surface area contributed by atoms with Crippen LogP contribution in [0, 0.1) is 5.92 Å². The summed E-state index contributed by atoms with van der Waals surface area (Å²) in [6.45, 7) is 1.73. The van der Waals surface area contributed by atoms with Crippen LogP contribution in [-0.4, -0.2) is 29.5 Å². The lowest BCUT2D eigenvalue weighted by Crippen LogP contribution is -2.37. The minimum atomic E-state index is -0.489. The van der Waals surface area contributed by atoms with Crippen molar-refractivity contribution in [1.29, 1.82) is 0 Å². The quantitative estimate of drug-likeness (QED) is 0.581. The van der Waals surface area contributed by atoms with Crippen molar-refractivity contribution in [2.45, 2.75) is 25.8 Å². The fourth-order valence-electron chi connectivity index (χ4n) is 2.75. The van der Waals surface area contributed by atoms with Crippen molar-refractivity contribution in [3.05, 3.63) is 41.3 Å². The van der Waals surface area contributed by atoms with E-state index in [0.717, 1.165) is 33.2 Å². The van der Waals surface area contributed by atoms with E-state index in [1.165, 1.54) is 22.7 Å². The molecule has 1 aliphatic rings. The number of esters is 1. The fraction of sp³-hybridized carbons (Fsp3) is 0.316. The largest absolute Gasteiger partial charge is 0.451 e. The smallest absolute Gasteiger partial charge is 0.348 e. The zero-order chi connectivity index (χ0) is 18.8. The maximum absolute atomic E-state index is 12.2. The van der Waals surface area contributed by atoms with Crippen LogP contribution >= 0.6 is 22.7 Å². The van der Waals surface area contributed by atoms with E-state index in [1.807, 2.05) is 37.3 Å². The number of ether oxygens (including phenoxy) is 1. The number of hydrogen-bond donors (Lipinski definition) is 2. The number of nitrogens with one attached hydrogen (secondary N) is 2. The Bertz CT molecular complexity index is 932. The second-order valence-electron chi connectivity index (χ2n) is 6.56. The number of fused-ring (bicyclic) bond motifs is 1. The van der Waals surface area contributed by atoms with Crippen LogP contribution in [0.1, 0.15) is 29.4 Å². The third-order valence-electron chi connectivity index (χ3n) is 4.37. The van der Waals surface area contributed by atoms with E-state index < -0.39 is 5.97 Å². The monoisotopic (exact) mass is 401 g/mol. The molecule has 1 unspecified atom stereocenters. The minimum Gasteiger partial charge on any atom is -0.451 e. The Morgan fingerprint density at radius 2 is 2.04 bits per heavy atom. The lowest BCUT2D eigenvalue weighted by Gasteiger charge is -2.12. The van der Waals surface area contributed by atoms with Crippen LogP contribution in [0.5, 0.6) is 0 Å². The van der Waals surface area contributed by atoms with Gasteiger partial charge in [-0.15, -0.1) is 11.3 Å². The summed E-state index contributed by atoms with van der Waals surface area (Å²) >= 11 is 2.74. The maximum atomic E-state index is 12.2. The van der Waals surface area contributed by atoms with Gasteiger partial charge < -0.3 is 15.4 Å². The summed E-state index contributed by atoms with van der Waals surface area (Å²) in [4.78, 5) is 29.8. The summed E-state index contributed by atoms with van der Waals surface area (Å²) in [5.41, 5.74) is 0.963. The topological polar surface area (TPSA) is 80.3 Å². The molecule has 3 aromatic rings. The normalized spacial score (nSPS) is 14.7. The van der Waals surface area contributed by atoms with Crippen molar-refractivity contribution in [3.63, 3.8) is 0 Å². The maximum Gasteiger partial charge on any atom is 0.348 e. The van der Waals surface area contributed by atoms with Gasteiger partial charge in [0.05, 0.1) is 4.70 Å². The Kier molecular flexibility index (Phi) is 5.09. The predicted octanol–water partition coefficient (Wildman–Crippen LogP) is 4.17. The minimum absolute atomic E-state index is 0.142. The third kappa shape index (κ3) is 4.45. The van der Waals surface area contributed by atoms with Gasteiger partial charge in [0.2, 0.25) is 0 Å². The van der Waals surface area contributed by atoms with Crippen LogP contribution in [0.4, 0.5) is 10.8 Å². The number of aromatic nitrogens is 1. The van der Waals surface area contributed by atoms with Gasteiger partial charge >= 0.3 is 5.97 Å². The van der Waals surface area contributed by atoms with Crippen molar-refractivity contribution < 1.29 is 14.3 Å². The molecule has 1 fully saturated rings. The molecule has 0 saturated heterocycles. The van der Waals surface area contributed by atoms with Crippen molar-refractivity contribution in [2.24, 2.45) is 5.92 Å². The van der Waals surface area contributed by atoms with E-state index >= 15 is 0 Å². The molecule has 140 valence electrons. The van der Waals surface area contributed by atoms with E-state index in [1.54, 1.807) is 6.07 Å². The van der Waals surface area contributed by atoms with Gasteiger partial charge in [-0.3, -0.25) is 4.79 Å². The molecule has 0 spiro atoms. The Balaban J connectivity index is 1.33. The number of thiazole rings is 1. The third-order valence-corrected chi connectivity index (χ3v) is 6.42. The summed E-state index contributed by atoms with van der Waals surface area (Å²) in [6.07, 6.45) is 2.31. The first kappa shape index (κ1) is 17.9. The van der Waals surface area contributed by atoms with Crippen molar-refractivity contribution in [3.8, 4) is 0 Å². The SMILES string of the molecule is CC(NC(=O)COC(=O)c1cc2sc(Nc3ccccc3)nc2s1)C1CC1. The molecule has 0 bridgehead atoms. The van der Waals surface area contributed by atoms with Gasteiger partial charge in [0.15, 0.2) is 11.7 Å². The molecule has 6 nitrogen and oxygen atoms in total. The van der Waals surface area contributed by atoms with E-state index in [4.69, 9.17) is 4.74 Å². The standard InChI is InChI=1S/C19H19N3O3S2/c1-11(12-7-8-12)20-16(23)10-25-18(24)15-9-14-17(26-15)22-19(27-14)21-13-5-3-2-4-6-13/h2-6,9,11-12H,7-8,10H2,1H3,(H,20,23)(H,21,22). The predicted molar refractivity (Wildman–Crippen MR) is 108 cm³/mol. The number of benzene rings is 1. The van der Waals surface area contributed by atoms with Crippen LogP contribution in [0.25, 0.3) is 9.53 Å². The zero-order valence-electron chi connectivity index (χ0n) is 14.7. The molecule has 1 amide bonds. The van der Waals surface area contributed by atoms with Gasteiger partial charge in [0, 0.05) is 11.7 Å². The fourth-order valence-corrected chi connectivity index (χ4v) is 4.78. The van der Waals surface area contributed by atoms with Crippen molar-refractivity contribution in [1.82, 2.24) is 10.3 Å². The second kappa shape index (κ2) is 7.66. The van der Waals surface area contributed by atoms with Gasteiger partial charge in [0.1, 0.15) is 9.71 Å². The van der Waals surface area contributed by atoms with Crippen LogP contribution in [0.15, 0.2) is 36.4 Å². The van der Waals surface area contributed by atoms with Gasteiger partial charge in [-0.05, 0) is 43.9 Å². The molecule has 1 atom stereocenters. The molecule has 27 heavy (non-hydrogen) atoms. The number of nitrogens with zero attached hydrogens (tertiary/aromatic N) is 1. The molecule has 4 rings (SSSR count). The molecular formula is C19H19N3O3S2. The number of para-hydroxylation sites is 1. The molecular weight excluding hydrogens is 382 g/mol. The average molecular weight is 402 g/mol. The number of rotatable bonds is 7. The lowest BCUT2D eigenvalue weighted by atomic mass is 10.2. The number of thiophene rings is 1. The zero-order valence-corrected chi connectivity index (χ0v) is 16.4. The van der Waals surface area contributed by atoms with Gasteiger partial charge in [-0.2, -0.15) is 0 Å². The highest BCUT2D eigenvalue weighted by Crippen LogP contribution is 2.34. The first-order valence-corrected chi connectivity index (χ1v) is 10.4. The summed E-state index contributed by atoms with van der Waals surface area (Å²) in [5, 5.41) is 6.89. The Morgan fingerprint density at radius 1 is 1.26 bits per heavy atom. The molecule has 1 aliphatic carbocycles. The van der Waals surface area contributed by atoms with Gasteiger partial charge in [-0.25, -0.2) is 9.78 Å². The Hall–Kier alpha value is -2.45. The molecule has 1 saturated carbocycles. The molecule has 8 heteroatoms. The number of amides is 1. The van der Waals surface area contributed by atoms with Crippen LogP contribution < -0.4 is 10.6 Å². The van der Waals surface area contributed by atoms with E-state index in [2.05, 4.69) is 15.6 Å². The summed E-state index contributed by atoms with van der Waals surface area (Å²) in [6, 6.07) is 11.7. The highest BCUT2D eigenvalue weighted by Gasteiger charge is 2.29. The second-order valence-corrected chi connectivity index (χ2v) is 8.62.